The quantitative estimate of drug-likeness (QED) is 0.506. The van der Waals surface area contributed by atoms with Crippen LogP contribution in [-0.4, -0.2) is 6.98 Å². The average molecular weight is 252 g/mol. The number of rotatable bonds is 2. The first kappa shape index (κ1) is 15.5. The Kier molecular flexibility index (Phi) is 5.91. The van der Waals surface area contributed by atoms with E-state index < -0.39 is 30.2 Å². The van der Waals surface area contributed by atoms with Crippen LogP contribution in [0.25, 0.3) is 0 Å². The molecule has 0 amide bonds. The van der Waals surface area contributed by atoms with E-state index in [0.717, 1.165) is 0 Å². The minimum absolute atomic E-state index is 0. The third kappa shape index (κ3) is 4.10. The van der Waals surface area contributed by atoms with Crippen LogP contribution in [0.4, 0.5) is 26.1 Å². The first-order valence-electron chi connectivity index (χ1n) is 3.60. The van der Waals surface area contributed by atoms with E-state index in [1.165, 1.54) is 0 Å². The minimum Gasteiger partial charge on any atom is -0.445 e. The Morgan fingerprint density at radius 2 is 1.60 bits per heavy atom. The number of hydrogen-bond acceptors (Lipinski definition) is 0. The molecule has 0 aliphatic heterocycles. The molecule has 8 heteroatoms. The van der Waals surface area contributed by atoms with Crippen molar-refractivity contribution in [3.63, 3.8) is 0 Å². The first-order valence-corrected chi connectivity index (χ1v) is 3.60. The third-order valence-electron chi connectivity index (χ3n) is 1.63. The van der Waals surface area contributed by atoms with Crippen molar-refractivity contribution in [2.45, 2.75) is 6.43 Å². The number of alkyl halides is 2. The van der Waals surface area contributed by atoms with Crippen LogP contribution < -0.4 is 56.8 Å². The third-order valence-corrected chi connectivity index (χ3v) is 1.63. The molecular formula is C7H4BF6K. The molecule has 0 N–H and O–H groups in total. The summed E-state index contributed by atoms with van der Waals surface area (Å²) in [5, 5.41) is 0. The molecule has 0 radical (unpaired) electrons. The van der Waals surface area contributed by atoms with Gasteiger partial charge in [0.15, 0.2) is 0 Å². The summed E-state index contributed by atoms with van der Waals surface area (Å²) >= 11 is 0. The van der Waals surface area contributed by atoms with Crippen molar-refractivity contribution < 1.29 is 77.5 Å². The van der Waals surface area contributed by atoms with E-state index in [4.69, 9.17) is 0 Å². The Balaban J connectivity index is 0.00000196. The number of halogens is 6. The van der Waals surface area contributed by atoms with Gasteiger partial charge in [-0.2, -0.15) is 0 Å². The van der Waals surface area contributed by atoms with Crippen molar-refractivity contribution in [1.29, 1.82) is 0 Å². The standard InChI is InChI=1S/C7H4BF6.K/c9-6-2-1-4(8(12,13)14)3-5(6)7(10)11;/h1-3,7H;/q-1;+1. The van der Waals surface area contributed by atoms with Crippen molar-refractivity contribution >= 4 is 12.4 Å². The molecule has 0 aliphatic rings. The molecule has 78 valence electrons. The molecule has 1 aromatic rings. The topological polar surface area (TPSA) is 0 Å². The van der Waals surface area contributed by atoms with Gasteiger partial charge in [0, 0.05) is 0 Å². The van der Waals surface area contributed by atoms with Crippen molar-refractivity contribution in [2.24, 2.45) is 0 Å². The van der Waals surface area contributed by atoms with E-state index in [9.17, 15) is 26.1 Å². The zero-order valence-electron chi connectivity index (χ0n) is 7.65. The van der Waals surface area contributed by atoms with Crippen LogP contribution in [0.2, 0.25) is 0 Å². The van der Waals surface area contributed by atoms with Crippen LogP contribution in [0, 0.1) is 5.82 Å². The monoisotopic (exact) mass is 252 g/mol. The van der Waals surface area contributed by atoms with E-state index in [1.54, 1.807) is 0 Å². The summed E-state index contributed by atoms with van der Waals surface area (Å²) < 4.78 is 72.7. The van der Waals surface area contributed by atoms with E-state index in [1.807, 2.05) is 0 Å². The van der Waals surface area contributed by atoms with Crippen LogP contribution in [0.1, 0.15) is 12.0 Å². The van der Waals surface area contributed by atoms with Gasteiger partial charge in [0.05, 0.1) is 5.56 Å². The molecule has 1 aromatic carbocycles. The summed E-state index contributed by atoms with van der Waals surface area (Å²) in [7, 11) is 0. The normalized spacial score (nSPS) is 11.4. The smallest absolute Gasteiger partial charge is 0.445 e. The second-order valence-corrected chi connectivity index (χ2v) is 2.66. The van der Waals surface area contributed by atoms with Gasteiger partial charge < -0.3 is 12.9 Å². The predicted octanol–water partition coefficient (Wildman–Crippen LogP) is -0.178. The first-order chi connectivity index (χ1) is 6.32. The molecule has 0 saturated heterocycles. The maximum atomic E-state index is 12.6. The second kappa shape index (κ2) is 5.72. The molecule has 0 nitrogen and oxygen atoms in total. The second-order valence-electron chi connectivity index (χ2n) is 2.66. The molecule has 15 heavy (non-hydrogen) atoms. The SMILES string of the molecule is Fc1ccc([B-](F)(F)F)cc1C(F)F.[K+]. The molecule has 0 aliphatic carbocycles. The molecule has 0 fully saturated rings. The molecule has 0 bridgehead atoms. The molecular weight excluding hydrogens is 248 g/mol. The van der Waals surface area contributed by atoms with Gasteiger partial charge in [0.25, 0.3) is 6.43 Å². The molecule has 0 unspecified atom stereocenters. The van der Waals surface area contributed by atoms with Crippen LogP contribution in [-0.2, 0) is 0 Å². The van der Waals surface area contributed by atoms with Crippen LogP contribution in [0.5, 0.6) is 0 Å². The Morgan fingerprint density at radius 3 is 2.00 bits per heavy atom. The summed E-state index contributed by atoms with van der Waals surface area (Å²) in [5.41, 5.74) is -2.44. The zero-order chi connectivity index (χ0) is 10.9. The maximum Gasteiger partial charge on any atom is 1.00 e. The van der Waals surface area contributed by atoms with Gasteiger partial charge in [-0.3, -0.25) is 0 Å². The van der Waals surface area contributed by atoms with Gasteiger partial charge >= 0.3 is 58.4 Å². The fourth-order valence-electron chi connectivity index (χ4n) is 0.933. The Morgan fingerprint density at radius 1 is 1.07 bits per heavy atom. The zero-order valence-corrected chi connectivity index (χ0v) is 10.8. The fraction of sp³-hybridized carbons (Fsp3) is 0.143. The Bertz CT molecular complexity index is 337. The maximum absolute atomic E-state index is 12.6. The van der Waals surface area contributed by atoms with Gasteiger partial charge in [-0.25, -0.2) is 13.2 Å². The number of benzene rings is 1. The molecule has 0 spiro atoms. The average Bonchev–Trinajstić information content (AvgIpc) is 2.02. The summed E-state index contributed by atoms with van der Waals surface area (Å²) in [6, 6.07) is 0.979. The Hall–Kier alpha value is 0.501. The summed E-state index contributed by atoms with van der Waals surface area (Å²) in [6.07, 6.45) is -3.24. The van der Waals surface area contributed by atoms with Crippen molar-refractivity contribution in [3.05, 3.63) is 29.6 Å². The van der Waals surface area contributed by atoms with Gasteiger partial charge in [0.2, 0.25) is 0 Å². The van der Waals surface area contributed by atoms with Crippen molar-refractivity contribution in [1.82, 2.24) is 0 Å². The van der Waals surface area contributed by atoms with Gasteiger partial charge in [-0.1, -0.05) is 12.1 Å². The van der Waals surface area contributed by atoms with E-state index in [0.29, 0.717) is 12.1 Å². The summed E-state index contributed by atoms with van der Waals surface area (Å²) in [6.45, 7) is -5.37. The van der Waals surface area contributed by atoms with Gasteiger partial charge in [-0.15, -0.1) is 5.46 Å². The van der Waals surface area contributed by atoms with Gasteiger partial charge in [0.1, 0.15) is 5.82 Å². The summed E-state index contributed by atoms with van der Waals surface area (Å²) in [4.78, 5) is 0. The molecule has 0 aromatic heterocycles. The molecule has 0 heterocycles. The van der Waals surface area contributed by atoms with E-state index >= 15 is 0 Å². The molecule has 0 atom stereocenters. The fourth-order valence-corrected chi connectivity index (χ4v) is 0.933. The largest absolute Gasteiger partial charge is 1.00 e. The minimum atomic E-state index is -5.37. The van der Waals surface area contributed by atoms with Crippen LogP contribution in [0.3, 0.4) is 0 Å². The van der Waals surface area contributed by atoms with Gasteiger partial charge in [-0.05, 0) is 6.07 Å². The summed E-state index contributed by atoms with van der Waals surface area (Å²) in [5.74, 6) is -1.33. The molecule has 0 saturated carbocycles. The number of hydrogen-bond donors (Lipinski definition) is 0. The van der Waals surface area contributed by atoms with Crippen LogP contribution >= 0.6 is 0 Å². The van der Waals surface area contributed by atoms with E-state index in [-0.39, 0.29) is 57.5 Å². The van der Waals surface area contributed by atoms with Crippen LogP contribution in [0.15, 0.2) is 18.2 Å². The van der Waals surface area contributed by atoms with Crippen molar-refractivity contribution in [3.8, 4) is 0 Å². The predicted molar refractivity (Wildman–Crippen MR) is 40.1 cm³/mol. The Labute approximate surface area is 125 Å². The van der Waals surface area contributed by atoms with Crippen molar-refractivity contribution in [2.75, 3.05) is 0 Å². The van der Waals surface area contributed by atoms with E-state index in [2.05, 4.69) is 0 Å². The molecule has 1 rings (SSSR count).